The molecular weight excluding hydrogens is 352 g/mol. The summed E-state index contributed by atoms with van der Waals surface area (Å²) >= 11 is 0. The number of alkyl halides is 2. The van der Waals surface area contributed by atoms with Crippen LogP contribution in [0.2, 0.25) is 0 Å². The van der Waals surface area contributed by atoms with Crippen LogP contribution in [0.5, 0.6) is 5.75 Å². The van der Waals surface area contributed by atoms with Gasteiger partial charge in [0.1, 0.15) is 5.75 Å². The number of ether oxygens (including phenoxy) is 1. The van der Waals surface area contributed by atoms with E-state index < -0.39 is 6.61 Å². The predicted octanol–water partition coefficient (Wildman–Crippen LogP) is 2.93. The molecule has 0 saturated carbocycles. The number of benzene rings is 1. The molecule has 0 saturated heterocycles. The Kier molecular flexibility index (Phi) is 7.15. The summed E-state index contributed by atoms with van der Waals surface area (Å²) < 4.78 is 31.5. The van der Waals surface area contributed by atoms with Gasteiger partial charge >= 0.3 is 6.61 Å². The summed E-state index contributed by atoms with van der Waals surface area (Å²) in [4.78, 5) is 4.21. The van der Waals surface area contributed by atoms with Crippen molar-refractivity contribution in [3.05, 3.63) is 46.8 Å². The zero-order chi connectivity index (χ0) is 20.0. The number of aryl methyl sites for hydroxylation is 2. The number of guanidine groups is 1. The first-order valence-corrected chi connectivity index (χ1v) is 8.80. The number of para-hydroxylation sites is 1. The predicted molar refractivity (Wildman–Crippen MR) is 102 cm³/mol. The smallest absolute Gasteiger partial charge is 0.387 e. The van der Waals surface area contributed by atoms with Gasteiger partial charge in [0.2, 0.25) is 0 Å². The van der Waals surface area contributed by atoms with Gasteiger partial charge in [-0.15, -0.1) is 0 Å². The molecule has 1 aromatic carbocycles. The first kappa shape index (κ1) is 20.7. The van der Waals surface area contributed by atoms with Gasteiger partial charge in [0.05, 0.1) is 5.69 Å². The molecule has 0 aliphatic heterocycles. The van der Waals surface area contributed by atoms with E-state index in [0.717, 1.165) is 17.8 Å². The van der Waals surface area contributed by atoms with E-state index in [4.69, 9.17) is 0 Å². The molecule has 2 N–H and O–H groups in total. The van der Waals surface area contributed by atoms with Gasteiger partial charge in [-0.05, 0) is 38.8 Å². The van der Waals surface area contributed by atoms with Crippen LogP contribution < -0.4 is 15.4 Å². The molecule has 2 aromatic rings. The third-order valence-electron chi connectivity index (χ3n) is 4.41. The lowest BCUT2D eigenvalue weighted by Gasteiger charge is -2.19. The van der Waals surface area contributed by atoms with Crippen molar-refractivity contribution in [2.24, 2.45) is 12.0 Å². The first-order valence-electron chi connectivity index (χ1n) is 8.80. The summed E-state index contributed by atoms with van der Waals surface area (Å²) in [7, 11) is 3.60. The highest BCUT2D eigenvalue weighted by molar-refractivity contribution is 5.80. The summed E-state index contributed by atoms with van der Waals surface area (Å²) in [6.07, 6.45) is 0.803. The van der Waals surface area contributed by atoms with Crippen molar-refractivity contribution in [2.75, 3.05) is 7.05 Å². The van der Waals surface area contributed by atoms with E-state index >= 15 is 0 Å². The van der Waals surface area contributed by atoms with E-state index in [2.05, 4.69) is 39.3 Å². The third-order valence-corrected chi connectivity index (χ3v) is 4.41. The van der Waals surface area contributed by atoms with Crippen LogP contribution in [0.3, 0.4) is 0 Å². The number of halogens is 2. The van der Waals surface area contributed by atoms with Crippen molar-refractivity contribution < 1.29 is 13.5 Å². The average molecular weight is 379 g/mol. The summed E-state index contributed by atoms with van der Waals surface area (Å²) in [6.45, 7) is 3.58. The Morgan fingerprint density at radius 2 is 2.00 bits per heavy atom. The van der Waals surface area contributed by atoms with Crippen molar-refractivity contribution in [1.82, 2.24) is 20.4 Å². The number of aromatic nitrogens is 2. The lowest BCUT2D eigenvalue weighted by Crippen LogP contribution is -2.42. The Hall–Kier alpha value is -2.64. The summed E-state index contributed by atoms with van der Waals surface area (Å²) in [5, 5.41) is 10.9. The molecule has 0 bridgehead atoms. The van der Waals surface area contributed by atoms with E-state index in [9.17, 15) is 8.78 Å². The van der Waals surface area contributed by atoms with Gasteiger partial charge in [0.25, 0.3) is 0 Å². The van der Waals surface area contributed by atoms with Gasteiger partial charge in [-0.3, -0.25) is 9.67 Å². The molecule has 1 heterocycles. The van der Waals surface area contributed by atoms with Gasteiger partial charge in [-0.25, -0.2) is 0 Å². The molecule has 0 aliphatic rings. The van der Waals surface area contributed by atoms with Crippen LogP contribution in [0.4, 0.5) is 8.78 Å². The second-order valence-corrected chi connectivity index (χ2v) is 6.43. The highest BCUT2D eigenvalue weighted by Gasteiger charge is 2.14. The van der Waals surface area contributed by atoms with Gasteiger partial charge in [-0.1, -0.05) is 18.2 Å². The van der Waals surface area contributed by atoms with Gasteiger partial charge in [0, 0.05) is 37.9 Å². The monoisotopic (exact) mass is 379 g/mol. The summed E-state index contributed by atoms with van der Waals surface area (Å²) in [6, 6.07) is 6.82. The quantitative estimate of drug-likeness (QED) is 0.574. The first-order chi connectivity index (χ1) is 12.8. The second-order valence-electron chi connectivity index (χ2n) is 6.43. The van der Waals surface area contributed by atoms with Crippen LogP contribution in [0.25, 0.3) is 0 Å². The SMILES string of the molecule is CN=C(NCc1ccccc1OC(F)F)NC(C)Cc1c(C)nn(C)c1C. The number of nitrogens with one attached hydrogen (secondary N) is 2. The van der Waals surface area contributed by atoms with Crippen molar-refractivity contribution in [3.63, 3.8) is 0 Å². The standard InChI is InChI=1S/C19H27F2N5O/c1-12(10-16-13(2)25-26(5)14(16)3)24-19(22-4)23-11-15-8-6-7-9-17(15)27-18(20)21/h6-9,12,18H,10-11H2,1-5H3,(H2,22,23,24). The Morgan fingerprint density at radius 3 is 2.59 bits per heavy atom. The Bertz CT molecular complexity index is 788. The Morgan fingerprint density at radius 1 is 1.30 bits per heavy atom. The van der Waals surface area contributed by atoms with Crippen molar-refractivity contribution >= 4 is 5.96 Å². The highest BCUT2D eigenvalue weighted by Crippen LogP contribution is 2.20. The number of aliphatic imine (C=N–C) groups is 1. The van der Waals surface area contributed by atoms with Crippen LogP contribution >= 0.6 is 0 Å². The van der Waals surface area contributed by atoms with E-state index in [1.165, 1.54) is 11.6 Å². The lowest BCUT2D eigenvalue weighted by atomic mass is 10.1. The lowest BCUT2D eigenvalue weighted by molar-refractivity contribution is -0.0504. The van der Waals surface area contributed by atoms with Crippen LogP contribution in [0.15, 0.2) is 29.3 Å². The maximum Gasteiger partial charge on any atom is 0.387 e. The maximum atomic E-state index is 12.5. The minimum Gasteiger partial charge on any atom is -0.434 e. The van der Waals surface area contributed by atoms with Crippen molar-refractivity contribution in [3.8, 4) is 5.75 Å². The van der Waals surface area contributed by atoms with Crippen molar-refractivity contribution in [2.45, 2.75) is 46.4 Å². The Labute approximate surface area is 158 Å². The highest BCUT2D eigenvalue weighted by atomic mass is 19.3. The van der Waals surface area contributed by atoms with Gasteiger partial charge in [0.15, 0.2) is 5.96 Å². The largest absolute Gasteiger partial charge is 0.434 e. The van der Waals surface area contributed by atoms with E-state index in [-0.39, 0.29) is 11.8 Å². The fraction of sp³-hybridized carbons (Fsp3) is 0.474. The topological polar surface area (TPSA) is 63.5 Å². The van der Waals surface area contributed by atoms with E-state index in [1.807, 2.05) is 18.7 Å². The minimum atomic E-state index is -2.85. The number of rotatable bonds is 7. The second kappa shape index (κ2) is 9.34. The van der Waals surface area contributed by atoms with E-state index in [1.54, 1.807) is 25.2 Å². The third kappa shape index (κ3) is 5.67. The zero-order valence-electron chi connectivity index (χ0n) is 16.4. The van der Waals surface area contributed by atoms with Gasteiger partial charge in [-0.2, -0.15) is 13.9 Å². The molecule has 6 nitrogen and oxygen atoms in total. The minimum absolute atomic E-state index is 0.116. The van der Waals surface area contributed by atoms with Crippen LogP contribution in [-0.4, -0.2) is 35.4 Å². The molecule has 0 aliphatic carbocycles. The molecule has 0 amide bonds. The molecular formula is C19H27F2N5O. The number of hydrogen-bond donors (Lipinski definition) is 2. The summed E-state index contributed by atoms with van der Waals surface area (Å²) in [5.74, 6) is 0.749. The molecule has 8 heteroatoms. The maximum absolute atomic E-state index is 12.5. The zero-order valence-corrected chi connectivity index (χ0v) is 16.4. The molecule has 1 atom stereocenters. The van der Waals surface area contributed by atoms with Crippen molar-refractivity contribution in [1.29, 1.82) is 0 Å². The normalized spacial score (nSPS) is 13.0. The molecule has 27 heavy (non-hydrogen) atoms. The molecule has 0 radical (unpaired) electrons. The fourth-order valence-corrected chi connectivity index (χ4v) is 2.94. The molecule has 0 fully saturated rings. The van der Waals surface area contributed by atoms with E-state index in [0.29, 0.717) is 18.1 Å². The van der Waals surface area contributed by atoms with Crippen LogP contribution in [0.1, 0.15) is 29.4 Å². The number of nitrogens with zero attached hydrogens (tertiary/aromatic N) is 3. The molecule has 1 unspecified atom stereocenters. The molecule has 148 valence electrons. The van der Waals surface area contributed by atoms with Gasteiger partial charge < -0.3 is 15.4 Å². The molecule has 2 rings (SSSR count). The van der Waals surface area contributed by atoms with Crippen LogP contribution in [0, 0.1) is 13.8 Å². The number of hydrogen-bond acceptors (Lipinski definition) is 3. The molecule has 0 spiro atoms. The molecule has 1 aromatic heterocycles. The average Bonchev–Trinajstić information content (AvgIpc) is 2.85. The van der Waals surface area contributed by atoms with Crippen LogP contribution in [-0.2, 0) is 20.0 Å². The summed E-state index contributed by atoms with van der Waals surface area (Å²) in [5.41, 5.74) is 4.00. The Balaban J connectivity index is 1.96. The fourth-order valence-electron chi connectivity index (χ4n) is 2.94.